The van der Waals surface area contributed by atoms with E-state index in [1.165, 1.54) is 31.2 Å². The highest BCUT2D eigenvalue weighted by Gasteiger charge is 2.32. The van der Waals surface area contributed by atoms with Gasteiger partial charge in [0.25, 0.3) is 5.91 Å². The highest BCUT2D eigenvalue weighted by molar-refractivity contribution is 6.04. The molecule has 6 heteroatoms. The number of amides is 1. The van der Waals surface area contributed by atoms with Crippen LogP contribution in [0.2, 0.25) is 0 Å². The predicted octanol–water partition coefficient (Wildman–Crippen LogP) is 3.85. The lowest BCUT2D eigenvalue weighted by atomic mass is 10.1. The van der Waals surface area contributed by atoms with Gasteiger partial charge in [-0.15, -0.1) is 0 Å². The second-order valence-corrected chi connectivity index (χ2v) is 4.61. The van der Waals surface area contributed by atoms with Crippen LogP contribution >= 0.6 is 0 Å². The molecule has 0 fully saturated rings. The van der Waals surface area contributed by atoms with Crippen LogP contribution in [0.5, 0.6) is 0 Å². The Bertz CT molecular complexity index is 681. The number of hydrogen-bond donors (Lipinski definition) is 2. The van der Waals surface area contributed by atoms with Gasteiger partial charge in [-0.2, -0.15) is 13.2 Å². The minimum atomic E-state index is -4.46. The third-order valence-corrected chi connectivity index (χ3v) is 2.95. The van der Waals surface area contributed by atoms with E-state index in [4.69, 9.17) is 5.73 Å². The fourth-order valence-electron chi connectivity index (χ4n) is 1.89. The van der Waals surface area contributed by atoms with Crippen LogP contribution < -0.4 is 11.1 Å². The molecule has 0 radical (unpaired) electrons. The summed E-state index contributed by atoms with van der Waals surface area (Å²) in [5.74, 6) is -0.515. The van der Waals surface area contributed by atoms with E-state index in [0.29, 0.717) is 5.69 Å². The molecule has 0 unspecified atom stereocenters. The zero-order valence-corrected chi connectivity index (χ0v) is 11.2. The fraction of sp³-hybridized carbons (Fsp3) is 0.133. The Morgan fingerprint density at radius 3 is 2.48 bits per heavy atom. The average molecular weight is 294 g/mol. The summed E-state index contributed by atoms with van der Waals surface area (Å²) in [6.07, 6.45) is -4.46. The number of nitrogens with two attached hydrogens (primary N) is 1. The summed E-state index contributed by atoms with van der Waals surface area (Å²) in [6, 6.07) is 9.86. The van der Waals surface area contributed by atoms with Crippen molar-refractivity contribution < 1.29 is 18.0 Å². The smallest absolute Gasteiger partial charge is 0.399 e. The Kier molecular flexibility index (Phi) is 3.88. The number of carbonyl (C=O) groups is 1. The first-order chi connectivity index (χ1) is 9.77. The highest BCUT2D eigenvalue weighted by atomic mass is 19.4. The first-order valence-corrected chi connectivity index (χ1v) is 6.12. The van der Waals surface area contributed by atoms with E-state index < -0.39 is 17.6 Å². The largest absolute Gasteiger partial charge is 0.416 e. The number of hydrogen-bond acceptors (Lipinski definition) is 2. The third-order valence-electron chi connectivity index (χ3n) is 2.95. The summed E-state index contributed by atoms with van der Waals surface area (Å²) in [5, 5.41) is 2.43. The standard InChI is InChI=1S/C15H13F3N2O/c1-9-5-6-12(8-13(9)15(16,17)18)20-14(21)10-3-2-4-11(19)7-10/h2-8H,19H2,1H3,(H,20,21). The van der Waals surface area contributed by atoms with Crippen LogP contribution in [0.25, 0.3) is 0 Å². The first kappa shape index (κ1) is 14.9. The van der Waals surface area contributed by atoms with Crippen molar-refractivity contribution in [2.45, 2.75) is 13.1 Å². The van der Waals surface area contributed by atoms with Gasteiger partial charge in [-0.1, -0.05) is 12.1 Å². The second-order valence-electron chi connectivity index (χ2n) is 4.61. The van der Waals surface area contributed by atoms with E-state index in [1.54, 1.807) is 12.1 Å². The summed E-state index contributed by atoms with van der Waals surface area (Å²) in [6.45, 7) is 1.37. The number of benzene rings is 2. The van der Waals surface area contributed by atoms with Crippen molar-refractivity contribution in [1.82, 2.24) is 0 Å². The molecule has 3 N–H and O–H groups in total. The van der Waals surface area contributed by atoms with Crippen LogP contribution in [-0.2, 0) is 6.18 Å². The van der Waals surface area contributed by atoms with Gasteiger partial charge in [0.15, 0.2) is 0 Å². The Balaban J connectivity index is 2.26. The summed E-state index contributed by atoms with van der Waals surface area (Å²) in [7, 11) is 0. The molecule has 0 atom stereocenters. The van der Waals surface area contributed by atoms with E-state index in [2.05, 4.69) is 5.32 Å². The van der Waals surface area contributed by atoms with Gasteiger partial charge in [-0.25, -0.2) is 0 Å². The highest BCUT2D eigenvalue weighted by Crippen LogP contribution is 2.33. The average Bonchev–Trinajstić information content (AvgIpc) is 2.39. The zero-order valence-electron chi connectivity index (χ0n) is 11.2. The molecule has 0 heterocycles. The molecule has 0 saturated carbocycles. The van der Waals surface area contributed by atoms with Crippen molar-refractivity contribution >= 4 is 17.3 Å². The molecule has 1 amide bonds. The number of carbonyl (C=O) groups excluding carboxylic acids is 1. The quantitative estimate of drug-likeness (QED) is 0.827. The Hall–Kier alpha value is -2.50. The second kappa shape index (κ2) is 5.47. The van der Waals surface area contributed by atoms with Crippen LogP contribution in [0.1, 0.15) is 21.5 Å². The minimum Gasteiger partial charge on any atom is -0.399 e. The topological polar surface area (TPSA) is 55.1 Å². The van der Waals surface area contributed by atoms with Crippen molar-refractivity contribution in [1.29, 1.82) is 0 Å². The lowest BCUT2D eigenvalue weighted by Crippen LogP contribution is -2.14. The maximum atomic E-state index is 12.8. The Morgan fingerprint density at radius 2 is 1.86 bits per heavy atom. The number of nitrogen functional groups attached to an aromatic ring is 1. The van der Waals surface area contributed by atoms with E-state index >= 15 is 0 Å². The van der Waals surface area contributed by atoms with Crippen LogP contribution in [0.3, 0.4) is 0 Å². The number of anilines is 2. The number of aryl methyl sites for hydroxylation is 1. The molecule has 0 aliphatic carbocycles. The third kappa shape index (κ3) is 3.53. The molecule has 2 rings (SSSR count). The SMILES string of the molecule is Cc1ccc(NC(=O)c2cccc(N)c2)cc1C(F)(F)F. The van der Waals surface area contributed by atoms with Gasteiger partial charge in [-0.3, -0.25) is 4.79 Å². The van der Waals surface area contributed by atoms with Crippen LogP contribution in [-0.4, -0.2) is 5.91 Å². The number of halogens is 3. The molecule has 0 spiro atoms. The van der Waals surface area contributed by atoms with Crippen LogP contribution in [0, 0.1) is 6.92 Å². The van der Waals surface area contributed by atoms with Crippen molar-refractivity contribution in [3.05, 3.63) is 59.2 Å². The molecule has 21 heavy (non-hydrogen) atoms. The lowest BCUT2D eigenvalue weighted by Gasteiger charge is -2.13. The fourth-order valence-corrected chi connectivity index (χ4v) is 1.89. The number of nitrogens with one attached hydrogen (secondary N) is 1. The molecule has 2 aromatic carbocycles. The predicted molar refractivity (Wildman–Crippen MR) is 75.0 cm³/mol. The molecule has 3 nitrogen and oxygen atoms in total. The van der Waals surface area contributed by atoms with Gasteiger partial charge < -0.3 is 11.1 Å². The number of alkyl halides is 3. The van der Waals surface area contributed by atoms with Gasteiger partial charge in [0.2, 0.25) is 0 Å². The van der Waals surface area contributed by atoms with Gasteiger partial charge in [0, 0.05) is 16.9 Å². The molecule has 0 aromatic heterocycles. The summed E-state index contributed by atoms with van der Waals surface area (Å²) in [5.41, 5.74) is 5.66. The van der Waals surface area contributed by atoms with E-state index in [-0.39, 0.29) is 16.8 Å². The van der Waals surface area contributed by atoms with Crippen molar-refractivity contribution in [2.24, 2.45) is 0 Å². The van der Waals surface area contributed by atoms with Crippen LogP contribution in [0.4, 0.5) is 24.5 Å². The summed E-state index contributed by atoms with van der Waals surface area (Å²) >= 11 is 0. The molecule has 0 aliphatic heterocycles. The number of rotatable bonds is 2. The van der Waals surface area contributed by atoms with E-state index in [9.17, 15) is 18.0 Å². The van der Waals surface area contributed by atoms with Gasteiger partial charge >= 0.3 is 6.18 Å². The summed E-state index contributed by atoms with van der Waals surface area (Å²) < 4.78 is 38.4. The Morgan fingerprint density at radius 1 is 1.14 bits per heavy atom. The van der Waals surface area contributed by atoms with Gasteiger partial charge in [-0.05, 0) is 42.8 Å². The maximum Gasteiger partial charge on any atom is 0.416 e. The van der Waals surface area contributed by atoms with Crippen LogP contribution in [0.15, 0.2) is 42.5 Å². The Labute approximate surface area is 119 Å². The molecular weight excluding hydrogens is 281 g/mol. The molecular formula is C15H13F3N2O. The molecule has 0 saturated heterocycles. The van der Waals surface area contributed by atoms with E-state index in [1.807, 2.05) is 0 Å². The van der Waals surface area contributed by atoms with Gasteiger partial charge in [0.1, 0.15) is 0 Å². The molecule has 2 aromatic rings. The van der Waals surface area contributed by atoms with E-state index in [0.717, 1.165) is 6.07 Å². The van der Waals surface area contributed by atoms with Crippen molar-refractivity contribution in [3.63, 3.8) is 0 Å². The maximum absolute atomic E-state index is 12.8. The first-order valence-electron chi connectivity index (χ1n) is 6.12. The normalized spacial score (nSPS) is 11.2. The van der Waals surface area contributed by atoms with Crippen molar-refractivity contribution in [3.8, 4) is 0 Å². The molecule has 110 valence electrons. The van der Waals surface area contributed by atoms with Gasteiger partial charge in [0.05, 0.1) is 5.56 Å². The van der Waals surface area contributed by atoms with Crippen molar-refractivity contribution in [2.75, 3.05) is 11.1 Å². The molecule has 0 bridgehead atoms. The monoisotopic (exact) mass is 294 g/mol. The zero-order chi connectivity index (χ0) is 15.6. The summed E-state index contributed by atoms with van der Waals surface area (Å²) in [4.78, 5) is 12.0. The lowest BCUT2D eigenvalue weighted by molar-refractivity contribution is -0.138. The minimum absolute atomic E-state index is 0.0837. The molecule has 0 aliphatic rings.